The Morgan fingerprint density at radius 3 is 2.75 bits per heavy atom. The highest BCUT2D eigenvalue weighted by atomic mass is 16.6. The summed E-state index contributed by atoms with van der Waals surface area (Å²) < 4.78 is 0. The maximum Gasteiger partial charge on any atom is 0.274 e. The van der Waals surface area contributed by atoms with Crippen molar-refractivity contribution in [1.82, 2.24) is 5.32 Å². The maximum atomic E-state index is 11.0. The third kappa shape index (κ3) is 4.04. The smallest absolute Gasteiger partial charge is 0.274 e. The third-order valence-electron chi connectivity index (χ3n) is 4.31. The SMILES string of the molecule is CC(NCCCC1CCCC1)c1ccccc1[N+](=O)[O-]. The minimum atomic E-state index is -0.300. The number of rotatable bonds is 7. The van der Waals surface area contributed by atoms with Crippen LogP contribution in [0, 0.1) is 16.0 Å². The molecule has 4 heteroatoms. The molecule has 1 unspecified atom stereocenters. The van der Waals surface area contributed by atoms with Crippen LogP contribution in [0.15, 0.2) is 24.3 Å². The van der Waals surface area contributed by atoms with Gasteiger partial charge in [-0.05, 0) is 32.2 Å². The molecule has 0 amide bonds. The predicted octanol–water partition coefficient (Wildman–Crippen LogP) is 4.22. The van der Waals surface area contributed by atoms with E-state index in [4.69, 9.17) is 0 Å². The van der Waals surface area contributed by atoms with E-state index in [0.29, 0.717) is 0 Å². The highest BCUT2D eigenvalue weighted by Gasteiger charge is 2.18. The summed E-state index contributed by atoms with van der Waals surface area (Å²) in [5.41, 5.74) is 0.988. The normalized spacial score (nSPS) is 17.2. The van der Waals surface area contributed by atoms with E-state index in [0.717, 1.165) is 24.4 Å². The van der Waals surface area contributed by atoms with Crippen LogP contribution in [0.1, 0.15) is 57.1 Å². The van der Waals surface area contributed by atoms with Gasteiger partial charge in [0.25, 0.3) is 5.69 Å². The highest BCUT2D eigenvalue weighted by molar-refractivity contribution is 5.41. The topological polar surface area (TPSA) is 55.2 Å². The number of nitro benzene ring substituents is 1. The maximum absolute atomic E-state index is 11.0. The summed E-state index contributed by atoms with van der Waals surface area (Å²) >= 11 is 0. The van der Waals surface area contributed by atoms with Crippen molar-refractivity contribution >= 4 is 5.69 Å². The molecule has 110 valence electrons. The Labute approximate surface area is 120 Å². The number of nitro groups is 1. The Morgan fingerprint density at radius 2 is 2.05 bits per heavy atom. The first-order valence-corrected chi connectivity index (χ1v) is 7.65. The second-order valence-electron chi connectivity index (χ2n) is 5.78. The summed E-state index contributed by atoms with van der Waals surface area (Å²) in [5, 5.41) is 14.4. The molecule has 1 fully saturated rings. The molecule has 1 aromatic rings. The monoisotopic (exact) mass is 276 g/mol. The highest BCUT2D eigenvalue weighted by Crippen LogP contribution is 2.28. The Kier molecular flexibility index (Phi) is 5.53. The molecule has 0 aliphatic heterocycles. The lowest BCUT2D eigenvalue weighted by molar-refractivity contribution is -0.385. The van der Waals surface area contributed by atoms with Gasteiger partial charge in [-0.2, -0.15) is 0 Å². The average Bonchev–Trinajstić information content (AvgIpc) is 2.96. The molecule has 0 bridgehead atoms. The first-order valence-electron chi connectivity index (χ1n) is 7.65. The van der Waals surface area contributed by atoms with Crippen molar-refractivity contribution < 1.29 is 4.92 Å². The first kappa shape index (κ1) is 15.0. The third-order valence-corrected chi connectivity index (χ3v) is 4.31. The van der Waals surface area contributed by atoms with E-state index in [1.54, 1.807) is 12.1 Å². The standard InChI is InChI=1S/C16H24N2O2/c1-13(15-10-4-5-11-16(15)18(19)20)17-12-6-9-14-7-2-3-8-14/h4-5,10-11,13-14,17H,2-3,6-9,12H2,1H3. The molecule has 0 saturated heterocycles. The molecule has 0 spiro atoms. The number of hydrogen-bond acceptors (Lipinski definition) is 3. The molecule has 1 saturated carbocycles. The first-order chi connectivity index (χ1) is 9.68. The van der Waals surface area contributed by atoms with Gasteiger partial charge < -0.3 is 5.32 Å². The summed E-state index contributed by atoms with van der Waals surface area (Å²) in [5.74, 6) is 0.915. The van der Waals surface area contributed by atoms with Crippen molar-refractivity contribution in [2.24, 2.45) is 5.92 Å². The zero-order valence-electron chi connectivity index (χ0n) is 12.2. The van der Waals surface area contributed by atoms with Crippen LogP contribution in [-0.2, 0) is 0 Å². The molecule has 20 heavy (non-hydrogen) atoms. The van der Waals surface area contributed by atoms with Gasteiger partial charge in [-0.15, -0.1) is 0 Å². The zero-order chi connectivity index (χ0) is 14.4. The fourth-order valence-electron chi connectivity index (χ4n) is 3.14. The van der Waals surface area contributed by atoms with Gasteiger partial charge in [-0.3, -0.25) is 10.1 Å². The van der Waals surface area contributed by atoms with Crippen LogP contribution >= 0.6 is 0 Å². The molecular weight excluding hydrogens is 252 g/mol. The van der Waals surface area contributed by atoms with Gasteiger partial charge in [-0.25, -0.2) is 0 Å². The summed E-state index contributed by atoms with van der Waals surface area (Å²) in [6, 6.07) is 7.02. The average molecular weight is 276 g/mol. The Bertz CT molecular complexity index is 442. The van der Waals surface area contributed by atoms with Crippen LogP contribution in [0.25, 0.3) is 0 Å². The van der Waals surface area contributed by atoms with Crippen LogP contribution in [0.3, 0.4) is 0 Å². The Balaban J connectivity index is 1.79. The summed E-state index contributed by atoms with van der Waals surface area (Å²) in [6.45, 7) is 2.93. The van der Waals surface area contributed by atoms with Gasteiger partial charge >= 0.3 is 0 Å². The van der Waals surface area contributed by atoms with E-state index in [-0.39, 0.29) is 16.7 Å². The predicted molar refractivity (Wildman–Crippen MR) is 80.7 cm³/mol. The number of benzene rings is 1. The summed E-state index contributed by atoms with van der Waals surface area (Å²) in [7, 11) is 0. The van der Waals surface area contributed by atoms with Crippen LogP contribution in [0.5, 0.6) is 0 Å². The molecule has 1 atom stereocenters. The van der Waals surface area contributed by atoms with Crippen molar-refractivity contribution in [3.8, 4) is 0 Å². The lowest BCUT2D eigenvalue weighted by Gasteiger charge is -2.15. The largest absolute Gasteiger partial charge is 0.310 e. The van der Waals surface area contributed by atoms with E-state index in [1.807, 2.05) is 19.1 Å². The second kappa shape index (κ2) is 7.39. The van der Waals surface area contributed by atoms with Crippen LogP contribution in [0.2, 0.25) is 0 Å². The molecule has 0 aromatic heterocycles. The molecule has 1 aliphatic rings. The van der Waals surface area contributed by atoms with Crippen molar-refractivity contribution in [1.29, 1.82) is 0 Å². The Morgan fingerprint density at radius 1 is 1.35 bits per heavy atom. The number of hydrogen-bond donors (Lipinski definition) is 1. The van der Waals surface area contributed by atoms with Gasteiger partial charge in [0, 0.05) is 17.7 Å². The van der Waals surface area contributed by atoms with Gasteiger partial charge in [-0.1, -0.05) is 43.9 Å². The van der Waals surface area contributed by atoms with Crippen LogP contribution in [-0.4, -0.2) is 11.5 Å². The molecule has 1 aliphatic carbocycles. The van der Waals surface area contributed by atoms with Crippen molar-refractivity contribution in [2.45, 2.75) is 51.5 Å². The number of nitrogens with zero attached hydrogens (tertiary/aromatic N) is 1. The van der Waals surface area contributed by atoms with Gasteiger partial charge in [0.05, 0.1) is 4.92 Å². The molecule has 1 N–H and O–H groups in total. The van der Waals surface area contributed by atoms with Gasteiger partial charge in [0.1, 0.15) is 0 Å². The fourth-order valence-corrected chi connectivity index (χ4v) is 3.14. The lowest BCUT2D eigenvalue weighted by Crippen LogP contribution is -2.21. The van der Waals surface area contributed by atoms with Crippen LogP contribution < -0.4 is 5.32 Å². The minimum absolute atomic E-state index is 0.0279. The molecular formula is C16H24N2O2. The van der Waals surface area contributed by atoms with Crippen LogP contribution in [0.4, 0.5) is 5.69 Å². The van der Waals surface area contributed by atoms with E-state index in [2.05, 4.69) is 5.32 Å². The van der Waals surface area contributed by atoms with Crippen molar-refractivity contribution in [3.05, 3.63) is 39.9 Å². The molecule has 0 heterocycles. The van der Waals surface area contributed by atoms with Gasteiger partial charge in [0.2, 0.25) is 0 Å². The van der Waals surface area contributed by atoms with Gasteiger partial charge in [0.15, 0.2) is 0 Å². The van der Waals surface area contributed by atoms with E-state index < -0.39 is 0 Å². The molecule has 0 radical (unpaired) electrons. The lowest BCUT2D eigenvalue weighted by atomic mass is 10.0. The minimum Gasteiger partial charge on any atom is -0.310 e. The zero-order valence-corrected chi connectivity index (χ0v) is 12.2. The van der Waals surface area contributed by atoms with E-state index in [9.17, 15) is 10.1 Å². The van der Waals surface area contributed by atoms with Crippen molar-refractivity contribution in [2.75, 3.05) is 6.54 Å². The summed E-state index contributed by atoms with van der Waals surface area (Å²) in [4.78, 5) is 10.7. The van der Waals surface area contributed by atoms with Crippen molar-refractivity contribution in [3.63, 3.8) is 0 Å². The Hall–Kier alpha value is -1.42. The quantitative estimate of drug-likeness (QED) is 0.461. The number of para-hydroxylation sites is 1. The molecule has 4 nitrogen and oxygen atoms in total. The number of nitrogens with one attached hydrogen (secondary N) is 1. The van der Waals surface area contributed by atoms with E-state index >= 15 is 0 Å². The molecule has 2 rings (SSSR count). The molecule has 1 aromatic carbocycles. The summed E-state index contributed by atoms with van der Waals surface area (Å²) in [6.07, 6.45) is 8.01. The fraction of sp³-hybridized carbons (Fsp3) is 0.625. The van der Waals surface area contributed by atoms with E-state index in [1.165, 1.54) is 32.1 Å². The second-order valence-corrected chi connectivity index (χ2v) is 5.78.